The molecule has 1 N–H and O–H groups in total. The molecule has 3 rings (SSSR count). The second kappa shape index (κ2) is 4.23. The molecule has 2 saturated carbocycles. The summed E-state index contributed by atoms with van der Waals surface area (Å²) in [4.78, 5) is 14.9. The number of aryl methyl sites for hydroxylation is 1. The van der Waals surface area contributed by atoms with Crippen molar-refractivity contribution in [2.45, 2.75) is 38.6 Å². The Balaban J connectivity index is 1.83. The maximum absolute atomic E-state index is 11.0. The van der Waals surface area contributed by atoms with Gasteiger partial charge in [-0.05, 0) is 44.1 Å². The highest BCUT2D eigenvalue weighted by molar-refractivity contribution is 5.56. The molecule has 1 aromatic heterocycles. The first kappa shape index (κ1) is 11.4. The first-order chi connectivity index (χ1) is 8.63. The number of aromatic nitrogens is 1. The third-order valence-electron chi connectivity index (χ3n) is 4.27. The molecule has 0 amide bonds. The van der Waals surface area contributed by atoms with E-state index in [4.69, 9.17) is 0 Å². The minimum Gasteiger partial charge on any atom is -0.361 e. The molecule has 2 fully saturated rings. The van der Waals surface area contributed by atoms with Crippen molar-refractivity contribution in [3.05, 3.63) is 27.9 Å². The van der Waals surface area contributed by atoms with Gasteiger partial charge in [0.15, 0.2) is 0 Å². The molecule has 0 aliphatic heterocycles. The van der Waals surface area contributed by atoms with Gasteiger partial charge in [-0.1, -0.05) is 6.42 Å². The van der Waals surface area contributed by atoms with E-state index in [0.29, 0.717) is 17.8 Å². The minimum atomic E-state index is -0.359. The first-order valence-electron chi connectivity index (χ1n) is 6.52. The van der Waals surface area contributed by atoms with Crippen LogP contribution in [0.5, 0.6) is 0 Å². The lowest BCUT2D eigenvalue weighted by Crippen LogP contribution is -2.26. The number of rotatable bonds is 3. The maximum Gasteiger partial charge on any atom is 0.311 e. The molecule has 18 heavy (non-hydrogen) atoms. The molecule has 5 heteroatoms. The van der Waals surface area contributed by atoms with Crippen LogP contribution in [0.2, 0.25) is 0 Å². The first-order valence-corrected chi connectivity index (χ1v) is 6.52. The maximum atomic E-state index is 11.0. The lowest BCUT2D eigenvalue weighted by Gasteiger charge is -2.23. The molecule has 0 spiro atoms. The van der Waals surface area contributed by atoms with Gasteiger partial charge in [0, 0.05) is 17.8 Å². The molecule has 2 aliphatic rings. The van der Waals surface area contributed by atoms with Gasteiger partial charge in [-0.3, -0.25) is 10.1 Å². The highest BCUT2D eigenvalue weighted by Gasteiger charge is 2.40. The third kappa shape index (κ3) is 1.94. The summed E-state index contributed by atoms with van der Waals surface area (Å²) in [5.41, 5.74) is 0.898. The Morgan fingerprint density at radius 1 is 1.39 bits per heavy atom. The summed E-state index contributed by atoms with van der Waals surface area (Å²) >= 11 is 0. The summed E-state index contributed by atoms with van der Waals surface area (Å²) < 4.78 is 0. The summed E-state index contributed by atoms with van der Waals surface area (Å²) in [7, 11) is 0. The second-order valence-corrected chi connectivity index (χ2v) is 5.50. The topological polar surface area (TPSA) is 68.1 Å². The Morgan fingerprint density at radius 3 is 2.83 bits per heavy atom. The van der Waals surface area contributed by atoms with Gasteiger partial charge in [-0.2, -0.15) is 0 Å². The fourth-order valence-corrected chi connectivity index (χ4v) is 3.40. The number of pyridine rings is 1. The molecule has 1 heterocycles. The Bertz CT molecular complexity index is 489. The Kier molecular flexibility index (Phi) is 2.69. The van der Waals surface area contributed by atoms with Crippen LogP contribution in [-0.4, -0.2) is 15.9 Å². The minimum absolute atomic E-state index is 0.0865. The number of nitrogens with one attached hydrogen (secondary N) is 1. The highest BCUT2D eigenvalue weighted by Crippen LogP contribution is 2.45. The van der Waals surface area contributed by atoms with Gasteiger partial charge in [0.1, 0.15) is 0 Å². The van der Waals surface area contributed by atoms with E-state index in [9.17, 15) is 10.1 Å². The predicted molar refractivity (Wildman–Crippen MR) is 68.5 cm³/mol. The molecule has 96 valence electrons. The van der Waals surface area contributed by atoms with Crippen LogP contribution in [-0.2, 0) is 0 Å². The predicted octanol–water partition coefficient (Wildman–Crippen LogP) is 2.90. The van der Waals surface area contributed by atoms with Crippen molar-refractivity contribution >= 4 is 11.5 Å². The third-order valence-corrected chi connectivity index (χ3v) is 4.27. The van der Waals surface area contributed by atoms with E-state index in [1.807, 2.05) is 6.92 Å². The number of nitrogens with zero attached hydrogens (tertiary/aromatic N) is 2. The fraction of sp³-hybridized carbons (Fsp3) is 0.615. The lowest BCUT2D eigenvalue weighted by molar-refractivity contribution is -0.384. The Morgan fingerprint density at radius 2 is 2.22 bits per heavy atom. The lowest BCUT2D eigenvalue weighted by atomic mass is 9.95. The summed E-state index contributed by atoms with van der Waals surface area (Å²) in [6.45, 7) is 1.86. The van der Waals surface area contributed by atoms with Crippen molar-refractivity contribution in [3.63, 3.8) is 0 Å². The van der Waals surface area contributed by atoms with E-state index in [2.05, 4.69) is 10.3 Å². The molecule has 2 bridgehead atoms. The van der Waals surface area contributed by atoms with Gasteiger partial charge < -0.3 is 5.32 Å². The van der Waals surface area contributed by atoms with Crippen LogP contribution in [0.15, 0.2) is 12.1 Å². The van der Waals surface area contributed by atoms with Gasteiger partial charge in [0.05, 0.1) is 4.92 Å². The van der Waals surface area contributed by atoms with E-state index in [1.54, 1.807) is 6.07 Å². The van der Waals surface area contributed by atoms with Crippen molar-refractivity contribution in [1.29, 1.82) is 0 Å². The molecule has 5 nitrogen and oxygen atoms in total. The Hall–Kier alpha value is -1.65. The van der Waals surface area contributed by atoms with E-state index in [0.717, 1.165) is 18.0 Å². The molecule has 3 unspecified atom stereocenters. The fourth-order valence-electron chi connectivity index (χ4n) is 3.40. The summed E-state index contributed by atoms with van der Waals surface area (Å²) in [6, 6.07) is 3.60. The van der Waals surface area contributed by atoms with Gasteiger partial charge in [-0.15, -0.1) is 0 Å². The van der Waals surface area contributed by atoms with Crippen LogP contribution in [0, 0.1) is 28.9 Å². The summed E-state index contributed by atoms with van der Waals surface area (Å²) in [5, 5.41) is 14.3. The van der Waals surface area contributed by atoms with E-state index >= 15 is 0 Å². The molecule has 0 aromatic carbocycles. The quantitative estimate of drug-likeness (QED) is 0.658. The van der Waals surface area contributed by atoms with E-state index < -0.39 is 0 Å². The van der Waals surface area contributed by atoms with Gasteiger partial charge in [0.2, 0.25) is 5.82 Å². The summed E-state index contributed by atoms with van der Waals surface area (Å²) in [5.74, 6) is 1.94. The Labute approximate surface area is 106 Å². The molecular weight excluding hydrogens is 230 g/mol. The largest absolute Gasteiger partial charge is 0.361 e. The van der Waals surface area contributed by atoms with Gasteiger partial charge >= 0.3 is 5.69 Å². The summed E-state index contributed by atoms with van der Waals surface area (Å²) in [6.07, 6.45) is 4.99. The van der Waals surface area contributed by atoms with Crippen LogP contribution < -0.4 is 5.32 Å². The normalized spacial score (nSPS) is 29.5. The van der Waals surface area contributed by atoms with Crippen LogP contribution in [0.1, 0.15) is 31.4 Å². The molecule has 0 saturated heterocycles. The number of anilines is 1. The van der Waals surface area contributed by atoms with Crippen LogP contribution in [0.4, 0.5) is 11.5 Å². The number of hydrogen-bond acceptors (Lipinski definition) is 4. The van der Waals surface area contributed by atoms with Crippen molar-refractivity contribution < 1.29 is 4.92 Å². The average Bonchev–Trinajstić information content (AvgIpc) is 2.90. The molecule has 1 aromatic rings. The van der Waals surface area contributed by atoms with Crippen LogP contribution in [0.25, 0.3) is 0 Å². The smallest absolute Gasteiger partial charge is 0.311 e. The van der Waals surface area contributed by atoms with Gasteiger partial charge in [0.25, 0.3) is 0 Å². The molecule has 2 aliphatic carbocycles. The average molecular weight is 247 g/mol. The SMILES string of the molecule is Cc1ccc([N+](=O)[O-])c(NC2CC3CCC2C3)n1. The highest BCUT2D eigenvalue weighted by atomic mass is 16.6. The molecule has 3 atom stereocenters. The van der Waals surface area contributed by atoms with Crippen molar-refractivity contribution in [2.24, 2.45) is 11.8 Å². The van der Waals surface area contributed by atoms with Crippen molar-refractivity contribution in [1.82, 2.24) is 4.98 Å². The number of fused-ring (bicyclic) bond motifs is 2. The van der Waals surface area contributed by atoms with E-state index in [-0.39, 0.29) is 10.6 Å². The molecular formula is C13H17N3O2. The number of hydrogen-bond donors (Lipinski definition) is 1. The van der Waals surface area contributed by atoms with Gasteiger partial charge in [-0.25, -0.2) is 4.98 Å². The van der Waals surface area contributed by atoms with Crippen molar-refractivity contribution in [3.8, 4) is 0 Å². The standard InChI is InChI=1S/C13H17N3O2/c1-8-2-5-12(16(17)18)13(14-8)15-11-7-9-3-4-10(11)6-9/h2,5,9-11H,3-4,6-7H2,1H3,(H,14,15). The molecule has 0 radical (unpaired) electrons. The van der Waals surface area contributed by atoms with Crippen molar-refractivity contribution in [2.75, 3.05) is 5.32 Å². The van der Waals surface area contributed by atoms with E-state index in [1.165, 1.54) is 25.3 Å². The number of nitro groups is 1. The zero-order valence-corrected chi connectivity index (χ0v) is 10.4. The van der Waals surface area contributed by atoms with Crippen LogP contribution in [0.3, 0.4) is 0 Å². The zero-order valence-electron chi connectivity index (χ0n) is 10.4. The van der Waals surface area contributed by atoms with Crippen LogP contribution >= 0.6 is 0 Å². The zero-order chi connectivity index (χ0) is 12.7. The second-order valence-electron chi connectivity index (χ2n) is 5.50. The monoisotopic (exact) mass is 247 g/mol.